The lowest BCUT2D eigenvalue weighted by Crippen LogP contribution is -2.18. The molecule has 0 amide bonds. The molecule has 32 heavy (non-hydrogen) atoms. The molecule has 1 heterocycles. The molecule has 2 aliphatic rings. The minimum Gasteiger partial charge on any atom is -0.293 e. The molecule has 1 saturated carbocycles. The number of nitrogens with zero attached hydrogens (tertiary/aromatic N) is 4. The molecule has 0 N–H and O–H groups in total. The van der Waals surface area contributed by atoms with Crippen molar-refractivity contribution in [1.29, 1.82) is 5.26 Å². The predicted molar refractivity (Wildman–Crippen MR) is 123 cm³/mol. The number of fused-ring (bicyclic) bond motifs is 1. The zero-order valence-corrected chi connectivity index (χ0v) is 18.2. The van der Waals surface area contributed by atoms with Crippen LogP contribution >= 0.6 is 0 Å². The quantitative estimate of drug-likeness (QED) is 0.528. The zero-order valence-electron chi connectivity index (χ0n) is 18.2. The molecule has 2 aromatic carbocycles. The maximum absolute atomic E-state index is 13.4. The van der Waals surface area contributed by atoms with Crippen LogP contribution in [0.5, 0.6) is 0 Å². The van der Waals surface area contributed by atoms with Gasteiger partial charge < -0.3 is 0 Å². The summed E-state index contributed by atoms with van der Waals surface area (Å²) in [6.07, 6.45) is 10.5. The van der Waals surface area contributed by atoms with Crippen LogP contribution in [-0.2, 0) is 12.0 Å². The van der Waals surface area contributed by atoms with Crippen molar-refractivity contribution in [3.8, 4) is 6.07 Å². The first-order valence-corrected chi connectivity index (χ1v) is 10.8. The maximum Gasteiger partial charge on any atom is 0.173 e. The van der Waals surface area contributed by atoms with Crippen molar-refractivity contribution in [2.24, 2.45) is 11.3 Å². The van der Waals surface area contributed by atoms with E-state index in [1.807, 2.05) is 44.2 Å². The smallest absolute Gasteiger partial charge is 0.173 e. The van der Waals surface area contributed by atoms with Gasteiger partial charge in [-0.05, 0) is 60.6 Å². The molecule has 1 aromatic heterocycles. The van der Waals surface area contributed by atoms with Crippen LogP contribution in [0.15, 0.2) is 79.4 Å². The third-order valence-corrected chi connectivity index (χ3v) is 6.58. The summed E-state index contributed by atoms with van der Waals surface area (Å²) >= 11 is 0. The Morgan fingerprint density at radius 2 is 2.06 bits per heavy atom. The van der Waals surface area contributed by atoms with E-state index in [0.29, 0.717) is 6.54 Å². The van der Waals surface area contributed by atoms with Crippen molar-refractivity contribution >= 4 is 11.4 Å². The predicted octanol–water partition coefficient (Wildman–Crippen LogP) is 4.97. The lowest BCUT2D eigenvalue weighted by atomic mass is 9.81. The lowest BCUT2D eigenvalue weighted by Gasteiger charge is -2.21. The van der Waals surface area contributed by atoms with Crippen LogP contribution in [0, 0.1) is 22.7 Å². The van der Waals surface area contributed by atoms with E-state index in [4.69, 9.17) is 0 Å². The average molecular weight is 421 g/mol. The second-order valence-corrected chi connectivity index (χ2v) is 9.25. The first kappa shape index (κ1) is 20.1. The summed E-state index contributed by atoms with van der Waals surface area (Å²) in [7, 11) is 0. The SMILES string of the molecule is CC(C)(C#N)c1cc(Cn2cncn2)cc(C2=CC3(C(=O)c4ccccc4)CC3C=C2)c1. The van der Waals surface area contributed by atoms with Gasteiger partial charge in [0, 0.05) is 5.56 Å². The summed E-state index contributed by atoms with van der Waals surface area (Å²) in [6, 6.07) is 18.2. The van der Waals surface area contributed by atoms with Crippen molar-refractivity contribution < 1.29 is 4.79 Å². The number of rotatable bonds is 6. The van der Waals surface area contributed by atoms with Gasteiger partial charge in [0.15, 0.2) is 5.78 Å². The maximum atomic E-state index is 13.4. The Morgan fingerprint density at radius 1 is 1.25 bits per heavy atom. The van der Waals surface area contributed by atoms with Crippen LogP contribution in [0.25, 0.3) is 5.57 Å². The molecule has 2 unspecified atom stereocenters. The number of allylic oxidation sites excluding steroid dienone is 4. The molecule has 2 atom stereocenters. The molecule has 0 saturated heterocycles. The van der Waals surface area contributed by atoms with Crippen LogP contribution in [0.3, 0.4) is 0 Å². The number of nitriles is 1. The Morgan fingerprint density at radius 3 is 2.78 bits per heavy atom. The topological polar surface area (TPSA) is 71.6 Å². The fourth-order valence-corrected chi connectivity index (χ4v) is 4.50. The fourth-order valence-electron chi connectivity index (χ4n) is 4.50. The molecule has 0 radical (unpaired) electrons. The number of hydrogen-bond donors (Lipinski definition) is 0. The molecule has 3 aromatic rings. The monoisotopic (exact) mass is 420 g/mol. The van der Waals surface area contributed by atoms with Crippen molar-refractivity contribution in [2.75, 3.05) is 0 Å². The van der Waals surface area contributed by atoms with E-state index < -0.39 is 10.8 Å². The first-order chi connectivity index (χ1) is 15.4. The second-order valence-electron chi connectivity index (χ2n) is 9.25. The summed E-state index contributed by atoms with van der Waals surface area (Å²) in [5, 5.41) is 14.0. The zero-order chi connectivity index (χ0) is 22.3. The van der Waals surface area contributed by atoms with Gasteiger partial charge in [-0.25, -0.2) is 9.67 Å². The number of carbonyl (C=O) groups is 1. The summed E-state index contributed by atoms with van der Waals surface area (Å²) in [6.45, 7) is 4.41. The van der Waals surface area contributed by atoms with Gasteiger partial charge in [0.2, 0.25) is 0 Å². The van der Waals surface area contributed by atoms with Crippen molar-refractivity contribution in [1.82, 2.24) is 14.8 Å². The van der Waals surface area contributed by atoms with E-state index in [0.717, 1.165) is 34.2 Å². The van der Waals surface area contributed by atoms with E-state index in [-0.39, 0.29) is 11.7 Å². The molecular weight excluding hydrogens is 396 g/mol. The summed E-state index contributed by atoms with van der Waals surface area (Å²) in [5.41, 5.74) is 3.70. The number of hydrogen-bond acceptors (Lipinski definition) is 4. The first-order valence-electron chi connectivity index (χ1n) is 10.8. The number of ketones is 1. The Labute approximate surface area is 187 Å². The molecule has 1 fully saturated rings. The number of aromatic nitrogens is 3. The Balaban J connectivity index is 1.56. The fraction of sp³-hybridized carbons (Fsp3) is 0.259. The van der Waals surface area contributed by atoms with Gasteiger partial charge in [0.25, 0.3) is 0 Å². The summed E-state index contributed by atoms with van der Waals surface area (Å²) in [5.74, 6) is 0.439. The summed E-state index contributed by atoms with van der Waals surface area (Å²) in [4.78, 5) is 17.4. The van der Waals surface area contributed by atoms with Crippen molar-refractivity contribution in [3.63, 3.8) is 0 Å². The van der Waals surface area contributed by atoms with E-state index in [1.165, 1.54) is 6.33 Å². The van der Waals surface area contributed by atoms with Gasteiger partial charge in [0.1, 0.15) is 12.7 Å². The number of carbonyl (C=O) groups excluding carboxylic acids is 1. The molecule has 158 valence electrons. The minimum absolute atomic E-state index is 0.182. The van der Waals surface area contributed by atoms with Gasteiger partial charge in [-0.15, -0.1) is 0 Å². The van der Waals surface area contributed by atoms with Crippen LogP contribution < -0.4 is 0 Å². The molecule has 0 aliphatic heterocycles. The molecule has 2 aliphatic carbocycles. The van der Waals surface area contributed by atoms with Crippen LogP contribution in [0.4, 0.5) is 0 Å². The highest BCUT2D eigenvalue weighted by Gasteiger charge is 2.58. The Hall–Kier alpha value is -3.78. The molecular formula is C27H24N4O. The van der Waals surface area contributed by atoms with Crippen LogP contribution in [0.2, 0.25) is 0 Å². The highest BCUT2D eigenvalue weighted by atomic mass is 16.1. The third kappa shape index (κ3) is 3.48. The van der Waals surface area contributed by atoms with Crippen molar-refractivity contribution in [3.05, 3.63) is 102 Å². The molecule has 5 nitrogen and oxygen atoms in total. The van der Waals surface area contributed by atoms with Gasteiger partial charge in [0.05, 0.1) is 23.4 Å². The summed E-state index contributed by atoms with van der Waals surface area (Å²) < 4.78 is 1.77. The van der Waals surface area contributed by atoms with E-state index in [1.54, 1.807) is 11.0 Å². The third-order valence-electron chi connectivity index (χ3n) is 6.58. The van der Waals surface area contributed by atoms with Gasteiger partial charge in [-0.3, -0.25) is 4.79 Å². The molecule has 5 rings (SSSR count). The van der Waals surface area contributed by atoms with Crippen LogP contribution in [-0.4, -0.2) is 20.5 Å². The Bertz CT molecular complexity index is 1280. The highest BCUT2D eigenvalue weighted by Crippen LogP contribution is 2.60. The molecule has 0 spiro atoms. The highest BCUT2D eigenvalue weighted by molar-refractivity contribution is 6.06. The lowest BCUT2D eigenvalue weighted by molar-refractivity contribution is 0.0924. The Kier molecular flexibility index (Phi) is 4.67. The largest absolute Gasteiger partial charge is 0.293 e. The van der Waals surface area contributed by atoms with Gasteiger partial charge in [-0.1, -0.05) is 54.6 Å². The average Bonchev–Trinajstić information content (AvgIpc) is 3.35. The minimum atomic E-state index is -0.633. The van der Waals surface area contributed by atoms with E-state index >= 15 is 0 Å². The number of benzene rings is 2. The van der Waals surface area contributed by atoms with Gasteiger partial charge in [-0.2, -0.15) is 10.4 Å². The molecule has 5 heteroatoms. The second kappa shape index (κ2) is 7.42. The number of Topliss-reactive ketones (excluding diaryl/α,β-unsaturated/α-hetero) is 1. The van der Waals surface area contributed by atoms with E-state index in [2.05, 4.69) is 52.6 Å². The standard InChI is InChI=1S/C27H24N4O/c1-26(2,16-28)24-11-19(15-31-18-29-17-30-31)10-22(12-24)21-8-9-23-14-27(23,13-21)25(32)20-6-4-3-5-7-20/h3-13,17-18,23H,14-15H2,1-2H3. The van der Waals surface area contributed by atoms with Crippen molar-refractivity contribution in [2.45, 2.75) is 32.2 Å². The van der Waals surface area contributed by atoms with Crippen LogP contribution in [0.1, 0.15) is 47.3 Å². The van der Waals surface area contributed by atoms with Gasteiger partial charge >= 0.3 is 0 Å². The van der Waals surface area contributed by atoms with E-state index in [9.17, 15) is 10.1 Å². The molecule has 0 bridgehead atoms. The normalized spacial score (nSPS) is 21.4.